The summed E-state index contributed by atoms with van der Waals surface area (Å²) in [7, 11) is 0. The highest BCUT2D eigenvalue weighted by atomic mass is 32.2. The number of hydrogen-bond donors (Lipinski definition) is 1. The van der Waals surface area contributed by atoms with Crippen LogP contribution in [-0.2, 0) is 6.54 Å². The summed E-state index contributed by atoms with van der Waals surface area (Å²) in [6, 6.07) is 10.4. The first-order chi connectivity index (χ1) is 10.8. The van der Waals surface area contributed by atoms with Gasteiger partial charge in [-0.25, -0.2) is 0 Å². The normalized spacial score (nSPS) is 20.5. The highest BCUT2D eigenvalue weighted by molar-refractivity contribution is 7.99. The SMILES string of the molecule is C[C@@H](NCc1ccccc1)c1nc([C@H]2CCCSCC2)no1. The average Bonchev–Trinajstić information content (AvgIpc) is 2.89. The number of aromatic nitrogens is 2. The second-order valence-electron chi connectivity index (χ2n) is 5.82. The van der Waals surface area contributed by atoms with E-state index in [1.807, 2.05) is 17.8 Å². The summed E-state index contributed by atoms with van der Waals surface area (Å²) < 4.78 is 5.48. The van der Waals surface area contributed by atoms with Gasteiger partial charge in [-0.2, -0.15) is 16.7 Å². The molecule has 1 fully saturated rings. The van der Waals surface area contributed by atoms with E-state index in [1.165, 1.54) is 29.9 Å². The summed E-state index contributed by atoms with van der Waals surface area (Å²) in [5.41, 5.74) is 1.26. The molecule has 0 unspecified atom stereocenters. The quantitative estimate of drug-likeness (QED) is 0.906. The van der Waals surface area contributed by atoms with Crippen molar-refractivity contribution in [1.82, 2.24) is 15.5 Å². The first kappa shape index (κ1) is 15.6. The van der Waals surface area contributed by atoms with Crippen molar-refractivity contribution in [3.63, 3.8) is 0 Å². The van der Waals surface area contributed by atoms with Crippen LogP contribution in [0.3, 0.4) is 0 Å². The molecule has 0 bridgehead atoms. The van der Waals surface area contributed by atoms with Gasteiger partial charge in [0.15, 0.2) is 5.82 Å². The fourth-order valence-corrected chi connectivity index (χ4v) is 3.73. The lowest BCUT2D eigenvalue weighted by atomic mass is 10.0. The van der Waals surface area contributed by atoms with Crippen LogP contribution >= 0.6 is 11.8 Å². The third kappa shape index (κ3) is 4.11. The summed E-state index contributed by atoms with van der Waals surface area (Å²) in [5, 5.41) is 7.67. The van der Waals surface area contributed by atoms with E-state index < -0.39 is 0 Å². The van der Waals surface area contributed by atoms with E-state index in [2.05, 4.69) is 46.6 Å². The lowest BCUT2D eigenvalue weighted by Gasteiger charge is -2.10. The zero-order valence-corrected chi connectivity index (χ0v) is 13.8. The zero-order valence-electron chi connectivity index (χ0n) is 13.0. The summed E-state index contributed by atoms with van der Waals surface area (Å²) in [4.78, 5) is 4.64. The highest BCUT2D eigenvalue weighted by Gasteiger charge is 2.21. The van der Waals surface area contributed by atoms with Crippen molar-refractivity contribution < 1.29 is 4.52 Å². The fraction of sp³-hybridized carbons (Fsp3) is 0.529. The monoisotopic (exact) mass is 317 g/mol. The van der Waals surface area contributed by atoms with E-state index in [0.29, 0.717) is 11.8 Å². The lowest BCUT2D eigenvalue weighted by Crippen LogP contribution is -2.18. The molecular weight excluding hydrogens is 294 g/mol. The molecule has 118 valence electrons. The van der Waals surface area contributed by atoms with Crippen molar-refractivity contribution >= 4 is 11.8 Å². The van der Waals surface area contributed by atoms with Gasteiger partial charge in [-0.1, -0.05) is 35.5 Å². The van der Waals surface area contributed by atoms with Crippen LogP contribution in [0, 0.1) is 0 Å². The molecule has 1 aliphatic rings. The lowest BCUT2D eigenvalue weighted by molar-refractivity contribution is 0.333. The van der Waals surface area contributed by atoms with E-state index in [0.717, 1.165) is 18.8 Å². The first-order valence-electron chi connectivity index (χ1n) is 8.01. The van der Waals surface area contributed by atoms with Gasteiger partial charge < -0.3 is 9.84 Å². The molecule has 1 aromatic heterocycles. The predicted molar refractivity (Wildman–Crippen MR) is 89.9 cm³/mol. The Balaban J connectivity index is 1.57. The fourth-order valence-electron chi connectivity index (χ4n) is 2.71. The van der Waals surface area contributed by atoms with E-state index in [1.54, 1.807) is 0 Å². The van der Waals surface area contributed by atoms with Gasteiger partial charge in [-0.3, -0.25) is 0 Å². The molecule has 1 aromatic carbocycles. The summed E-state index contributed by atoms with van der Waals surface area (Å²) in [6.07, 6.45) is 3.59. The number of hydrogen-bond acceptors (Lipinski definition) is 5. The molecule has 1 aliphatic heterocycles. The second-order valence-corrected chi connectivity index (χ2v) is 7.04. The topological polar surface area (TPSA) is 51.0 Å². The van der Waals surface area contributed by atoms with Crippen LogP contribution in [0.4, 0.5) is 0 Å². The highest BCUT2D eigenvalue weighted by Crippen LogP contribution is 2.29. The Kier molecular flexibility index (Phi) is 5.51. The smallest absolute Gasteiger partial charge is 0.243 e. The molecule has 0 radical (unpaired) electrons. The van der Waals surface area contributed by atoms with Crippen molar-refractivity contribution in [2.75, 3.05) is 11.5 Å². The molecule has 5 heteroatoms. The van der Waals surface area contributed by atoms with Gasteiger partial charge >= 0.3 is 0 Å². The predicted octanol–water partition coefficient (Wildman–Crippen LogP) is 3.92. The van der Waals surface area contributed by atoms with Gasteiger partial charge in [0, 0.05) is 12.5 Å². The maximum Gasteiger partial charge on any atom is 0.243 e. The Labute approximate surface area is 136 Å². The van der Waals surface area contributed by atoms with Crippen LogP contribution in [0.15, 0.2) is 34.9 Å². The maximum atomic E-state index is 5.48. The van der Waals surface area contributed by atoms with Gasteiger partial charge in [0.1, 0.15) is 0 Å². The third-order valence-electron chi connectivity index (χ3n) is 4.10. The van der Waals surface area contributed by atoms with Gasteiger partial charge in [-0.05, 0) is 43.3 Å². The van der Waals surface area contributed by atoms with Crippen molar-refractivity contribution in [3.8, 4) is 0 Å². The first-order valence-corrected chi connectivity index (χ1v) is 9.17. The largest absolute Gasteiger partial charge is 0.338 e. The van der Waals surface area contributed by atoms with Gasteiger partial charge in [-0.15, -0.1) is 0 Å². The number of rotatable bonds is 5. The molecule has 2 aromatic rings. The van der Waals surface area contributed by atoms with Gasteiger partial charge in [0.05, 0.1) is 6.04 Å². The molecule has 0 aliphatic carbocycles. The number of nitrogens with zero attached hydrogens (tertiary/aromatic N) is 2. The second kappa shape index (κ2) is 7.79. The molecule has 0 amide bonds. The van der Waals surface area contributed by atoms with Crippen LogP contribution in [0.25, 0.3) is 0 Å². The Morgan fingerprint density at radius 2 is 2.14 bits per heavy atom. The Morgan fingerprint density at radius 1 is 1.27 bits per heavy atom. The minimum absolute atomic E-state index is 0.0709. The van der Waals surface area contributed by atoms with Crippen LogP contribution < -0.4 is 5.32 Å². The van der Waals surface area contributed by atoms with E-state index in [9.17, 15) is 0 Å². The number of thioether (sulfide) groups is 1. The molecule has 0 saturated carbocycles. The van der Waals surface area contributed by atoms with Crippen molar-refractivity contribution in [3.05, 3.63) is 47.6 Å². The average molecular weight is 317 g/mol. The maximum absolute atomic E-state index is 5.48. The summed E-state index contributed by atoms with van der Waals surface area (Å²) in [5.74, 6) is 4.52. The van der Waals surface area contributed by atoms with Crippen molar-refractivity contribution in [2.24, 2.45) is 0 Å². The summed E-state index contributed by atoms with van der Waals surface area (Å²) in [6.45, 7) is 2.88. The van der Waals surface area contributed by atoms with Crippen LogP contribution in [-0.4, -0.2) is 21.6 Å². The Bertz CT molecular complexity index is 564. The third-order valence-corrected chi connectivity index (χ3v) is 5.20. The van der Waals surface area contributed by atoms with Crippen molar-refractivity contribution in [1.29, 1.82) is 0 Å². The zero-order chi connectivity index (χ0) is 15.2. The summed E-state index contributed by atoms with van der Waals surface area (Å²) >= 11 is 2.03. The molecule has 1 saturated heterocycles. The Hall–Kier alpha value is -1.33. The molecule has 2 heterocycles. The number of benzene rings is 1. The molecule has 1 N–H and O–H groups in total. The molecule has 0 spiro atoms. The van der Waals surface area contributed by atoms with E-state index >= 15 is 0 Å². The molecule has 2 atom stereocenters. The minimum Gasteiger partial charge on any atom is -0.338 e. The standard InChI is InChI=1S/C17H23N3OS/c1-13(18-12-14-6-3-2-4-7-14)17-19-16(20-21-17)15-8-5-10-22-11-9-15/h2-4,6-7,13,15,18H,5,8-12H2,1H3/t13-,15+/m1/s1. The molecule has 22 heavy (non-hydrogen) atoms. The van der Waals surface area contributed by atoms with Crippen LogP contribution in [0.5, 0.6) is 0 Å². The number of nitrogens with one attached hydrogen (secondary N) is 1. The van der Waals surface area contributed by atoms with Crippen LogP contribution in [0.1, 0.15) is 55.4 Å². The van der Waals surface area contributed by atoms with E-state index in [-0.39, 0.29) is 6.04 Å². The van der Waals surface area contributed by atoms with Gasteiger partial charge in [0.2, 0.25) is 5.89 Å². The van der Waals surface area contributed by atoms with Crippen LogP contribution in [0.2, 0.25) is 0 Å². The molecule has 3 rings (SSSR count). The Morgan fingerprint density at radius 3 is 3.00 bits per heavy atom. The van der Waals surface area contributed by atoms with E-state index in [4.69, 9.17) is 4.52 Å². The molecule has 4 nitrogen and oxygen atoms in total. The van der Waals surface area contributed by atoms with Crippen molar-refractivity contribution in [2.45, 2.75) is 44.7 Å². The van der Waals surface area contributed by atoms with Gasteiger partial charge in [0.25, 0.3) is 0 Å². The minimum atomic E-state index is 0.0709. The molecular formula is C17H23N3OS.